The quantitative estimate of drug-likeness (QED) is 0.0223. The number of hydrogen-bond acceptors (Lipinski definition) is 13. The smallest absolute Gasteiger partial charge is 0.220 e. The number of allylic oxidation sites excluding steroid dienone is 9. The molecule has 2 saturated heterocycles. The van der Waals surface area contributed by atoms with Gasteiger partial charge in [-0.15, -0.1) is 0 Å². The summed E-state index contributed by atoms with van der Waals surface area (Å²) in [4.78, 5) is 13.2. The van der Waals surface area contributed by atoms with Gasteiger partial charge in [0, 0.05) is 6.42 Å². The molecule has 0 aliphatic carbocycles. The minimum Gasteiger partial charge on any atom is -0.394 e. The van der Waals surface area contributed by atoms with E-state index < -0.39 is 86.8 Å². The van der Waals surface area contributed by atoms with Gasteiger partial charge in [-0.05, 0) is 57.8 Å². The molecule has 388 valence electrons. The van der Waals surface area contributed by atoms with Crippen LogP contribution in [0.3, 0.4) is 0 Å². The fourth-order valence-electron chi connectivity index (χ4n) is 8.22. The van der Waals surface area contributed by atoms with Gasteiger partial charge in [0.1, 0.15) is 48.8 Å². The second kappa shape index (κ2) is 39.4. The molecular weight excluding hydrogens is 859 g/mol. The van der Waals surface area contributed by atoms with Crippen LogP contribution in [0.4, 0.5) is 0 Å². The van der Waals surface area contributed by atoms with E-state index in [-0.39, 0.29) is 18.9 Å². The fraction of sp³-hybridized carbons (Fsp3) is 0.792. The molecule has 2 rings (SSSR count). The fourth-order valence-corrected chi connectivity index (χ4v) is 8.22. The van der Waals surface area contributed by atoms with Crippen molar-refractivity contribution in [3.63, 3.8) is 0 Å². The van der Waals surface area contributed by atoms with Crippen molar-refractivity contribution >= 4 is 5.91 Å². The molecule has 2 aliphatic heterocycles. The lowest BCUT2D eigenvalue weighted by molar-refractivity contribution is -0.359. The van der Waals surface area contributed by atoms with Gasteiger partial charge in [-0.1, -0.05) is 171 Å². The molecule has 67 heavy (non-hydrogen) atoms. The zero-order valence-corrected chi connectivity index (χ0v) is 41.1. The molecule has 12 atom stereocenters. The van der Waals surface area contributed by atoms with Gasteiger partial charge in [0.25, 0.3) is 0 Å². The van der Waals surface area contributed by atoms with Crippen LogP contribution in [-0.2, 0) is 23.7 Å². The third-order valence-electron chi connectivity index (χ3n) is 12.5. The largest absolute Gasteiger partial charge is 0.394 e. The Morgan fingerprint density at radius 3 is 1.58 bits per heavy atom. The van der Waals surface area contributed by atoms with E-state index in [4.69, 9.17) is 18.9 Å². The number of amides is 1. The van der Waals surface area contributed by atoms with Crippen molar-refractivity contribution in [3.8, 4) is 0 Å². The van der Waals surface area contributed by atoms with E-state index in [2.05, 4.69) is 67.8 Å². The second-order valence-corrected chi connectivity index (χ2v) is 18.3. The molecule has 2 fully saturated rings. The Hall–Kier alpha value is -2.31. The van der Waals surface area contributed by atoms with E-state index in [9.17, 15) is 45.6 Å². The Morgan fingerprint density at radius 2 is 1.03 bits per heavy atom. The number of carbonyl (C=O) groups is 1. The van der Waals surface area contributed by atoms with E-state index >= 15 is 0 Å². The average molecular weight is 952 g/mol. The van der Waals surface area contributed by atoms with Crippen molar-refractivity contribution in [1.29, 1.82) is 0 Å². The van der Waals surface area contributed by atoms with Gasteiger partial charge in [0.2, 0.25) is 5.91 Å². The first-order valence-corrected chi connectivity index (χ1v) is 26.0. The standard InChI is InChI=1S/C53H93NO13/c1-3-5-7-9-11-13-15-16-17-18-19-20-21-22-23-24-25-26-27-29-31-33-35-37-45(58)54-41(42(57)36-34-32-30-28-14-12-10-8-6-4-2)40-64-52-50(63)48(61)51(44(39-56)66-52)67-53-49(62)47(60)46(59)43(38-55)65-53/h5,7,11,13,16-17,19-20,34,36,41-44,46-53,55-57,59-63H,3-4,6,8-10,12,14-15,18,21-33,35,37-40H2,1-2H3,(H,54,58)/b7-5-,13-11-,17-16-,20-19-,36-34+. The summed E-state index contributed by atoms with van der Waals surface area (Å²) in [5.74, 6) is -0.249. The van der Waals surface area contributed by atoms with Crippen molar-refractivity contribution in [2.45, 2.75) is 248 Å². The predicted octanol–water partition coefficient (Wildman–Crippen LogP) is 7.05. The van der Waals surface area contributed by atoms with Gasteiger partial charge in [-0.2, -0.15) is 0 Å². The monoisotopic (exact) mass is 952 g/mol. The summed E-state index contributed by atoms with van der Waals surface area (Å²) in [5.41, 5.74) is 0. The summed E-state index contributed by atoms with van der Waals surface area (Å²) >= 11 is 0. The van der Waals surface area contributed by atoms with Crippen LogP contribution >= 0.6 is 0 Å². The molecule has 0 aromatic rings. The highest BCUT2D eigenvalue weighted by Crippen LogP contribution is 2.30. The molecule has 0 radical (unpaired) electrons. The molecule has 2 heterocycles. The first-order chi connectivity index (χ1) is 32.6. The summed E-state index contributed by atoms with van der Waals surface area (Å²) in [6.07, 6.45) is 31.2. The topological polar surface area (TPSA) is 228 Å². The number of aliphatic hydroxyl groups excluding tert-OH is 8. The maximum atomic E-state index is 13.2. The van der Waals surface area contributed by atoms with Crippen molar-refractivity contribution in [2.24, 2.45) is 0 Å². The molecule has 9 N–H and O–H groups in total. The van der Waals surface area contributed by atoms with E-state index in [1.165, 1.54) is 77.0 Å². The minimum atomic E-state index is -1.79. The van der Waals surface area contributed by atoms with Crippen LogP contribution in [0.25, 0.3) is 0 Å². The molecule has 14 nitrogen and oxygen atoms in total. The zero-order valence-electron chi connectivity index (χ0n) is 41.1. The summed E-state index contributed by atoms with van der Waals surface area (Å²) in [6.45, 7) is 2.63. The van der Waals surface area contributed by atoms with Crippen LogP contribution in [0.2, 0.25) is 0 Å². The minimum absolute atomic E-state index is 0.249. The van der Waals surface area contributed by atoms with Crippen LogP contribution in [0, 0.1) is 0 Å². The highest BCUT2D eigenvalue weighted by Gasteiger charge is 2.51. The SMILES string of the molecule is CC/C=C\C/C=C\C/C=C\C/C=C\CCCCCCCCCCCCC(=O)NC(COC1OC(CO)C(OC2OC(CO)C(O)C(O)C2O)C(O)C1O)C(O)/C=C/CCCCCCCCCC. The number of aliphatic hydroxyl groups is 8. The van der Waals surface area contributed by atoms with Crippen LogP contribution in [0.1, 0.15) is 174 Å². The molecule has 0 aromatic heterocycles. The highest BCUT2D eigenvalue weighted by molar-refractivity contribution is 5.76. The Kier molecular flexibility index (Phi) is 35.8. The molecule has 0 saturated carbocycles. The summed E-state index contributed by atoms with van der Waals surface area (Å²) < 4.78 is 22.7. The molecule has 12 unspecified atom stereocenters. The van der Waals surface area contributed by atoms with Crippen LogP contribution in [0.15, 0.2) is 60.8 Å². The first kappa shape index (κ1) is 60.8. The second-order valence-electron chi connectivity index (χ2n) is 18.3. The highest BCUT2D eigenvalue weighted by atomic mass is 16.7. The molecule has 14 heteroatoms. The number of ether oxygens (including phenoxy) is 4. The summed E-state index contributed by atoms with van der Waals surface area (Å²) in [7, 11) is 0. The zero-order chi connectivity index (χ0) is 48.9. The maximum absolute atomic E-state index is 13.2. The Balaban J connectivity index is 1.77. The Labute approximate surface area is 403 Å². The van der Waals surface area contributed by atoms with Crippen LogP contribution in [-0.4, -0.2) is 140 Å². The number of rotatable bonds is 39. The Bertz CT molecular complexity index is 1360. The van der Waals surface area contributed by atoms with Gasteiger partial charge in [-0.25, -0.2) is 0 Å². The molecule has 0 aromatic carbocycles. The number of carbonyl (C=O) groups excluding carboxylic acids is 1. The van der Waals surface area contributed by atoms with Gasteiger partial charge < -0.3 is 65.1 Å². The molecule has 1 amide bonds. The lowest BCUT2D eigenvalue weighted by Crippen LogP contribution is -2.65. The predicted molar refractivity (Wildman–Crippen MR) is 263 cm³/mol. The van der Waals surface area contributed by atoms with Crippen LogP contribution < -0.4 is 5.32 Å². The Morgan fingerprint density at radius 1 is 0.552 bits per heavy atom. The average Bonchev–Trinajstić information content (AvgIpc) is 3.32. The molecule has 0 spiro atoms. The molecule has 2 aliphatic rings. The van der Waals surface area contributed by atoms with Crippen molar-refractivity contribution < 1.29 is 64.6 Å². The molecule has 0 bridgehead atoms. The van der Waals surface area contributed by atoms with Gasteiger partial charge in [0.15, 0.2) is 12.6 Å². The number of unbranched alkanes of at least 4 members (excludes halogenated alkanes) is 18. The van der Waals surface area contributed by atoms with Crippen molar-refractivity contribution in [3.05, 3.63) is 60.8 Å². The van der Waals surface area contributed by atoms with Gasteiger partial charge >= 0.3 is 0 Å². The summed E-state index contributed by atoms with van der Waals surface area (Å²) in [6, 6.07) is -0.917. The van der Waals surface area contributed by atoms with E-state index in [1.807, 2.05) is 6.08 Å². The van der Waals surface area contributed by atoms with Crippen LogP contribution in [0.5, 0.6) is 0 Å². The third kappa shape index (κ3) is 26.5. The lowest BCUT2D eigenvalue weighted by atomic mass is 9.97. The van der Waals surface area contributed by atoms with Gasteiger partial charge in [0.05, 0.1) is 32.0 Å². The van der Waals surface area contributed by atoms with Gasteiger partial charge in [-0.3, -0.25) is 4.79 Å². The number of hydrogen-bond donors (Lipinski definition) is 9. The molecular formula is C53H93NO13. The number of nitrogens with one attached hydrogen (secondary N) is 1. The van der Waals surface area contributed by atoms with E-state index in [1.54, 1.807) is 6.08 Å². The first-order valence-electron chi connectivity index (χ1n) is 26.0. The van der Waals surface area contributed by atoms with Crippen molar-refractivity contribution in [1.82, 2.24) is 5.32 Å². The third-order valence-corrected chi connectivity index (χ3v) is 12.5. The summed E-state index contributed by atoms with van der Waals surface area (Å²) in [5, 5.41) is 86.6. The normalized spacial score (nSPS) is 27.1. The lowest BCUT2D eigenvalue weighted by Gasteiger charge is -2.46. The maximum Gasteiger partial charge on any atom is 0.220 e. The van der Waals surface area contributed by atoms with E-state index in [0.29, 0.717) is 6.42 Å². The van der Waals surface area contributed by atoms with E-state index in [0.717, 1.165) is 70.6 Å². The van der Waals surface area contributed by atoms with Crippen molar-refractivity contribution in [2.75, 3.05) is 19.8 Å².